The fourth-order valence-corrected chi connectivity index (χ4v) is 4.01. The van der Waals surface area contributed by atoms with Crippen LogP contribution in [0.1, 0.15) is 16.7 Å². The zero-order chi connectivity index (χ0) is 24.5. The highest BCUT2D eigenvalue weighted by atomic mass is 35.5. The van der Waals surface area contributed by atoms with Gasteiger partial charge in [0.2, 0.25) is 11.6 Å². The number of hydrogen-bond donors (Lipinski definition) is 0. The molecule has 35 heavy (non-hydrogen) atoms. The Balaban J connectivity index is 1.67. The Morgan fingerprint density at radius 3 is 2.17 bits per heavy atom. The van der Waals surface area contributed by atoms with Gasteiger partial charge in [-0.15, -0.1) is 0 Å². The minimum absolute atomic E-state index is 0.177. The van der Waals surface area contributed by atoms with Crippen molar-refractivity contribution in [2.24, 2.45) is 4.99 Å². The molecule has 3 aromatic carbocycles. The Bertz CT molecular complexity index is 1400. The average molecular weight is 490 g/mol. The summed E-state index contributed by atoms with van der Waals surface area (Å²) in [6, 6.07) is 17.9. The van der Waals surface area contributed by atoms with Gasteiger partial charge < -0.3 is 23.7 Å². The molecule has 0 unspecified atom stereocenters. The van der Waals surface area contributed by atoms with E-state index in [1.165, 1.54) is 7.11 Å². The van der Waals surface area contributed by atoms with Crippen LogP contribution in [-0.4, -0.2) is 33.2 Å². The number of para-hydroxylation sites is 1. The van der Waals surface area contributed by atoms with Crippen molar-refractivity contribution in [1.82, 2.24) is 0 Å². The van der Waals surface area contributed by atoms with Crippen LogP contribution in [0.3, 0.4) is 0 Å². The van der Waals surface area contributed by atoms with Crippen LogP contribution in [0.15, 0.2) is 77.4 Å². The lowest BCUT2D eigenvalue weighted by Crippen LogP contribution is -2.09. The number of hydrogen-bond acceptors (Lipinski definition) is 7. The summed E-state index contributed by atoms with van der Waals surface area (Å²) in [5.74, 6) is 2.12. The second-order valence-corrected chi connectivity index (χ2v) is 8.03. The van der Waals surface area contributed by atoms with E-state index in [2.05, 4.69) is 4.99 Å². The summed E-state index contributed by atoms with van der Waals surface area (Å²) >= 11 is 5.99. The van der Waals surface area contributed by atoms with Crippen LogP contribution in [0.5, 0.6) is 23.0 Å². The molecule has 0 saturated carbocycles. The second-order valence-electron chi connectivity index (χ2n) is 7.60. The molecule has 0 saturated heterocycles. The van der Waals surface area contributed by atoms with E-state index in [0.29, 0.717) is 50.5 Å². The Morgan fingerprint density at radius 1 is 0.829 bits per heavy atom. The number of nitrogens with zero attached hydrogens (tertiary/aromatic N) is 1. The Hall–Kier alpha value is -4.23. The molecule has 8 heteroatoms. The fraction of sp³-hybridized carbons (Fsp3) is 0.111. The summed E-state index contributed by atoms with van der Waals surface area (Å²) in [5, 5.41) is 0.577. The summed E-state index contributed by atoms with van der Waals surface area (Å²) in [4.78, 5) is 17.4. The zero-order valence-corrected chi connectivity index (χ0v) is 19.9. The number of esters is 1. The van der Waals surface area contributed by atoms with Crippen molar-refractivity contribution in [2.45, 2.75) is 0 Å². The van der Waals surface area contributed by atoms with Gasteiger partial charge in [-0.1, -0.05) is 29.8 Å². The van der Waals surface area contributed by atoms with Crippen molar-refractivity contribution < 1.29 is 28.5 Å². The topological polar surface area (TPSA) is 75.6 Å². The third-order valence-electron chi connectivity index (χ3n) is 5.56. The van der Waals surface area contributed by atoms with Crippen molar-refractivity contribution in [3.63, 3.8) is 0 Å². The van der Waals surface area contributed by atoms with E-state index >= 15 is 0 Å². The SMILES string of the molecule is COc1cc(C2=C/C(=C3/N=C(c4ccc(Cl)cc4)OC3=O)c3ccccc3O2)cc(OC)c1OC. The predicted octanol–water partition coefficient (Wildman–Crippen LogP) is 5.51. The molecule has 0 N–H and O–H groups in total. The zero-order valence-electron chi connectivity index (χ0n) is 19.1. The molecule has 2 aliphatic rings. The van der Waals surface area contributed by atoms with E-state index in [1.54, 1.807) is 56.7 Å². The molecule has 0 atom stereocenters. The molecule has 176 valence electrons. The molecule has 0 spiro atoms. The Labute approximate surface area is 206 Å². The highest BCUT2D eigenvalue weighted by molar-refractivity contribution is 6.30. The maximum Gasteiger partial charge on any atom is 0.364 e. The first kappa shape index (κ1) is 22.6. The summed E-state index contributed by atoms with van der Waals surface area (Å²) in [5.41, 5.74) is 2.78. The number of fused-ring (bicyclic) bond motifs is 1. The number of rotatable bonds is 5. The number of carbonyl (C=O) groups excluding carboxylic acids is 1. The first-order valence-electron chi connectivity index (χ1n) is 10.6. The van der Waals surface area contributed by atoms with Gasteiger partial charge >= 0.3 is 5.97 Å². The molecular formula is C27H20ClNO6. The third-order valence-corrected chi connectivity index (χ3v) is 5.82. The van der Waals surface area contributed by atoms with E-state index < -0.39 is 5.97 Å². The van der Waals surface area contributed by atoms with E-state index in [9.17, 15) is 4.79 Å². The first-order valence-corrected chi connectivity index (χ1v) is 11.0. The monoisotopic (exact) mass is 489 g/mol. The largest absolute Gasteiger partial charge is 0.493 e. The molecule has 5 rings (SSSR count). The van der Waals surface area contributed by atoms with Crippen LogP contribution in [0.4, 0.5) is 0 Å². The lowest BCUT2D eigenvalue weighted by atomic mass is 9.97. The summed E-state index contributed by atoms with van der Waals surface area (Å²) in [6.45, 7) is 0. The second kappa shape index (κ2) is 9.19. The van der Waals surface area contributed by atoms with Crippen LogP contribution < -0.4 is 18.9 Å². The standard InChI is InChI=1S/C27H20ClNO6/c1-31-22-12-16(13-23(32-2)25(22)33-3)21-14-19(18-6-4-5-7-20(18)34-21)24-27(30)35-26(29-24)15-8-10-17(28)11-9-15/h4-14H,1-3H3/b24-19-. The van der Waals surface area contributed by atoms with E-state index in [0.717, 1.165) is 5.56 Å². The highest BCUT2D eigenvalue weighted by Crippen LogP contribution is 2.44. The fourth-order valence-electron chi connectivity index (χ4n) is 3.89. The van der Waals surface area contributed by atoms with Crippen molar-refractivity contribution in [1.29, 1.82) is 0 Å². The number of ether oxygens (including phenoxy) is 5. The summed E-state index contributed by atoms with van der Waals surface area (Å²) in [7, 11) is 4.63. The molecule has 0 fully saturated rings. The molecule has 0 bridgehead atoms. The van der Waals surface area contributed by atoms with Crippen molar-refractivity contribution in [2.75, 3.05) is 21.3 Å². The van der Waals surface area contributed by atoms with Gasteiger partial charge in [-0.05, 0) is 48.5 Å². The van der Waals surface area contributed by atoms with Gasteiger partial charge in [0.1, 0.15) is 11.5 Å². The maximum atomic E-state index is 12.9. The van der Waals surface area contributed by atoms with Crippen LogP contribution in [-0.2, 0) is 9.53 Å². The molecule has 3 aromatic rings. The van der Waals surface area contributed by atoms with Gasteiger partial charge in [0.05, 0.1) is 21.3 Å². The molecule has 0 aliphatic carbocycles. The summed E-state index contributed by atoms with van der Waals surface area (Å²) in [6.07, 6.45) is 1.76. The lowest BCUT2D eigenvalue weighted by Gasteiger charge is -2.22. The van der Waals surface area contributed by atoms with Crippen LogP contribution in [0.25, 0.3) is 11.3 Å². The molecular weight excluding hydrogens is 470 g/mol. The molecule has 2 heterocycles. The Kier molecular flexibility index (Phi) is 5.93. The van der Waals surface area contributed by atoms with Crippen molar-refractivity contribution >= 4 is 34.8 Å². The molecule has 0 radical (unpaired) electrons. The highest BCUT2D eigenvalue weighted by Gasteiger charge is 2.31. The van der Waals surface area contributed by atoms with Gasteiger partial charge in [0.15, 0.2) is 17.2 Å². The number of methoxy groups -OCH3 is 3. The van der Waals surface area contributed by atoms with Gasteiger partial charge in [-0.3, -0.25) is 0 Å². The van der Waals surface area contributed by atoms with Gasteiger partial charge in [-0.2, -0.15) is 0 Å². The van der Waals surface area contributed by atoms with Crippen LogP contribution in [0.2, 0.25) is 5.02 Å². The maximum absolute atomic E-state index is 12.9. The van der Waals surface area contributed by atoms with E-state index in [1.807, 2.05) is 24.3 Å². The minimum atomic E-state index is -0.554. The molecule has 0 amide bonds. The van der Waals surface area contributed by atoms with Crippen LogP contribution >= 0.6 is 11.6 Å². The van der Waals surface area contributed by atoms with Crippen molar-refractivity contribution in [3.05, 3.63) is 94.1 Å². The number of halogens is 1. The van der Waals surface area contributed by atoms with Gasteiger partial charge in [-0.25, -0.2) is 9.79 Å². The predicted molar refractivity (Wildman–Crippen MR) is 132 cm³/mol. The molecule has 0 aromatic heterocycles. The normalized spacial score (nSPS) is 16.5. The first-order chi connectivity index (χ1) is 17.0. The number of allylic oxidation sites excluding steroid dienone is 2. The number of benzene rings is 3. The Morgan fingerprint density at radius 2 is 1.51 bits per heavy atom. The number of carbonyl (C=O) groups is 1. The minimum Gasteiger partial charge on any atom is -0.493 e. The van der Waals surface area contributed by atoms with E-state index in [-0.39, 0.29) is 11.6 Å². The van der Waals surface area contributed by atoms with Crippen molar-refractivity contribution in [3.8, 4) is 23.0 Å². The number of cyclic esters (lactones) is 1. The number of aliphatic imine (C=N–C) groups is 1. The van der Waals surface area contributed by atoms with Crippen LogP contribution in [0, 0.1) is 0 Å². The average Bonchev–Trinajstić information content (AvgIpc) is 3.28. The van der Waals surface area contributed by atoms with Gasteiger partial charge in [0, 0.05) is 27.3 Å². The van der Waals surface area contributed by atoms with E-state index in [4.69, 9.17) is 35.3 Å². The quantitative estimate of drug-likeness (QED) is 0.347. The lowest BCUT2D eigenvalue weighted by molar-refractivity contribution is -0.129. The summed E-state index contributed by atoms with van der Waals surface area (Å²) < 4.78 is 28.1. The smallest absolute Gasteiger partial charge is 0.364 e. The third kappa shape index (κ3) is 4.11. The van der Waals surface area contributed by atoms with Gasteiger partial charge in [0.25, 0.3) is 0 Å². The molecule has 2 aliphatic heterocycles. The molecule has 7 nitrogen and oxygen atoms in total.